The van der Waals surface area contributed by atoms with E-state index < -0.39 is 0 Å². The third-order valence-electron chi connectivity index (χ3n) is 1.44. The van der Waals surface area contributed by atoms with Gasteiger partial charge < -0.3 is 12.2 Å². The second-order valence-electron chi connectivity index (χ2n) is 2.39. The van der Waals surface area contributed by atoms with Crippen molar-refractivity contribution in [3.05, 3.63) is 42.8 Å². The molecule has 1 rings (SSSR count). The standard InChI is InChI=1S/C9H10O2.CH3.Y/c1-8-2-4-9(5-3-8)6-11-7-10;;/h2-5,7H,6H2,1H3;1H3;/q;-1;. The Hall–Kier alpha value is -0.206. The molecular weight excluding hydrogens is 241 g/mol. The Bertz CT molecular complexity index is 231. The van der Waals surface area contributed by atoms with Gasteiger partial charge in [0.15, 0.2) is 0 Å². The number of ether oxygens (including phenoxy) is 1. The zero-order valence-electron chi connectivity index (χ0n) is 7.99. The Morgan fingerprint density at radius 1 is 1.31 bits per heavy atom. The molecule has 0 saturated carbocycles. The Balaban J connectivity index is 0. The Kier molecular flexibility index (Phi) is 9.86. The van der Waals surface area contributed by atoms with Crippen LogP contribution in [0.1, 0.15) is 11.1 Å². The van der Waals surface area contributed by atoms with Gasteiger partial charge in [-0.05, 0) is 12.5 Å². The molecule has 0 saturated heterocycles. The van der Waals surface area contributed by atoms with E-state index in [1.807, 2.05) is 31.2 Å². The number of hydrogen-bond acceptors (Lipinski definition) is 2. The molecule has 0 spiro atoms. The van der Waals surface area contributed by atoms with Crippen molar-refractivity contribution >= 4 is 6.47 Å². The van der Waals surface area contributed by atoms with E-state index in [-0.39, 0.29) is 40.1 Å². The van der Waals surface area contributed by atoms with Crippen molar-refractivity contribution in [1.82, 2.24) is 0 Å². The minimum atomic E-state index is 0. The summed E-state index contributed by atoms with van der Waals surface area (Å²) in [6.07, 6.45) is 0. The fourth-order valence-corrected chi connectivity index (χ4v) is 0.815. The average Bonchev–Trinajstić information content (AvgIpc) is 2.04. The second kappa shape index (κ2) is 8.39. The number of carbonyl (C=O) groups excluding carboxylic acids is 1. The topological polar surface area (TPSA) is 26.3 Å². The van der Waals surface area contributed by atoms with Crippen LogP contribution in [-0.2, 0) is 48.8 Å². The van der Waals surface area contributed by atoms with Crippen LogP contribution in [0.4, 0.5) is 0 Å². The molecule has 0 aromatic heterocycles. The first-order valence-electron chi connectivity index (χ1n) is 3.44. The number of rotatable bonds is 3. The molecule has 0 aliphatic rings. The molecule has 2 nitrogen and oxygen atoms in total. The fourth-order valence-electron chi connectivity index (χ4n) is 0.815. The number of benzene rings is 1. The molecule has 0 unspecified atom stereocenters. The van der Waals surface area contributed by atoms with E-state index in [4.69, 9.17) is 0 Å². The van der Waals surface area contributed by atoms with Crippen LogP contribution in [0.2, 0.25) is 0 Å². The molecule has 0 fully saturated rings. The molecular formula is C10H13O2Y-. The van der Waals surface area contributed by atoms with E-state index in [1.54, 1.807) is 0 Å². The Labute approximate surface area is 105 Å². The van der Waals surface area contributed by atoms with Crippen LogP contribution in [-0.4, -0.2) is 6.47 Å². The summed E-state index contributed by atoms with van der Waals surface area (Å²) in [5.41, 5.74) is 2.22. The molecule has 13 heavy (non-hydrogen) atoms. The maximum atomic E-state index is 9.82. The van der Waals surface area contributed by atoms with Crippen LogP contribution in [0.15, 0.2) is 24.3 Å². The maximum Gasteiger partial charge on any atom is 0.293 e. The molecule has 1 aromatic carbocycles. The monoisotopic (exact) mass is 254 g/mol. The minimum Gasteiger partial charge on any atom is -0.463 e. The number of hydrogen-bond donors (Lipinski definition) is 0. The number of carbonyl (C=O) groups is 1. The van der Waals surface area contributed by atoms with Crippen molar-refractivity contribution in [2.45, 2.75) is 13.5 Å². The van der Waals surface area contributed by atoms with Crippen molar-refractivity contribution < 1.29 is 42.2 Å². The molecule has 1 aromatic rings. The molecule has 69 valence electrons. The molecule has 0 amide bonds. The first kappa shape index (κ1) is 15.3. The molecule has 1 radical (unpaired) electrons. The van der Waals surface area contributed by atoms with Crippen LogP contribution >= 0.6 is 0 Å². The summed E-state index contributed by atoms with van der Waals surface area (Å²) < 4.78 is 4.58. The average molecular weight is 254 g/mol. The first-order chi connectivity index (χ1) is 5.33. The summed E-state index contributed by atoms with van der Waals surface area (Å²) in [6, 6.07) is 7.87. The zero-order valence-corrected chi connectivity index (χ0v) is 10.8. The van der Waals surface area contributed by atoms with Gasteiger partial charge >= 0.3 is 0 Å². The molecule has 0 bridgehead atoms. The summed E-state index contributed by atoms with van der Waals surface area (Å²) in [5, 5.41) is 0. The van der Waals surface area contributed by atoms with Gasteiger partial charge in [-0.2, -0.15) is 0 Å². The normalized spacial score (nSPS) is 7.77. The third-order valence-corrected chi connectivity index (χ3v) is 1.44. The number of aryl methyl sites for hydroxylation is 1. The van der Waals surface area contributed by atoms with Crippen LogP contribution in [0.3, 0.4) is 0 Å². The Morgan fingerprint density at radius 3 is 2.31 bits per heavy atom. The summed E-state index contributed by atoms with van der Waals surface area (Å²) in [6.45, 7) is 2.84. The van der Waals surface area contributed by atoms with Crippen molar-refractivity contribution in [2.75, 3.05) is 0 Å². The minimum absolute atomic E-state index is 0. The van der Waals surface area contributed by atoms with Crippen molar-refractivity contribution in [1.29, 1.82) is 0 Å². The molecule has 0 aliphatic carbocycles. The van der Waals surface area contributed by atoms with Crippen LogP contribution in [0.25, 0.3) is 0 Å². The summed E-state index contributed by atoms with van der Waals surface area (Å²) in [4.78, 5) is 9.82. The van der Waals surface area contributed by atoms with Gasteiger partial charge in [0, 0.05) is 32.7 Å². The molecule has 0 atom stereocenters. The predicted molar refractivity (Wildman–Crippen MR) is 48.4 cm³/mol. The predicted octanol–water partition coefficient (Wildman–Crippen LogP) is 2.12. The van der Waals surface area contributed by atoms with Crippen molar-refractivity contribution in [2.24, 2.45) is 0 Å². The van der Waals surface area contributed by atoms with E-state index in [0.29, 0.717) is 13.1 Å². The quantitative estimate of drug-likeness (QED) is 0.610. The van der Waals surface area contributed by atoms with Gasteiger partial charge in [-0.15, -0.1) is 0 Å². The van der Waals surface area contributed by atoms with E-state index in [1.165, 1.54) is 5.56 Å². The van der Waals surface area contributed by atoms with Crippen LogP contribution in [0, 0.1) is 14.4 Å². The summed E-state index contributed by atoms with van der Waals surface area (Å²) in [5.74, 6) is 0. The molecule has 0 aliphatic heterocycles. The van der Waals surface area contributed by atoms with Crippen LogP contribution < -0.4 is 0 Å². The van der Waals surface area contributed by atoms with E-state index in [2.05, 4.69) is 4.74 Å². The van der Waals surface area contributed by atoms with E-state index in [0.717, 1.165) is 5.56 Å². The summed E-state index contributed by atoms with van der Waals surface area (Å²) >= 11 is 0. The van der Waals surface area contributed by atoms with Crippen molar-refractivity contribution in [3.63, 3.8) is 0 Å². The fraction of sp³-hybridized carbons (Fsp3) is 0.200. The van der Waals surface area contributed by atoms with Gasteiger partial charge in [0.2, 0.25) is 0 Å². The van der Waals surface area contributed by atoms with Gasteiger partial charge in [0.1, 0.15) is 6.61 Å². The van der Waals surface area contributed by atoms with Gasteiger partial charge in [-0.25, -0.2) is 0 Å². The van der Waals surface area contributed by atoms with E-state index >= 15 is 0 Å². The Morgan fingerprint density at radius 2 is 1.85 bits per heavy atom. The summed E-state index contributed by atoms with van der Waals surface area (Å²) in [7, 11) is 0. The van der Waals surface area contributed by atoms with E-state index in [9.17, 15) is 4.79 Å². The second-order valence-corrected chi connectivity index (χ2v) is 2.39. The smallest absolute Gasteiger partial charge is 0.293 e. The first-order valence-corrected chi connectivity index (χ1v) is 3.44. The SMILES string of the molecule is Cc1ccc(COC=O)cc1.[CH3-].[Y]. The largest absolute Gasteiger partial charge is 0.463 e. The van der Waals surface area contributed by atoms with Gasteiger partial charge in [-0.3, -0.25) is 4.79 Å². The van der Waals surface area contributed by atoms with Gasteiger partial charge in [0.05, 0.1) is 0 Å². The molecule has 0 N–H and O–H groups in total. The third kappa shape index (κ3) is 5.95. The van der Waals surface area contributed by atoms with Gasteiger partial charge in [0.25, 0.3) is 6.47 Å². The van der Waals surface area contributed by atoms with Crippen LogP contribution in [0.5, 0.6) is 0 Å². The van der Waals surface area contributed by atoms with Gasteiger partial charge in [-0.1, -0.05) is 29.8 Å². The molecule has 3 heteroatoms. The van der Waals surface area contributed by atoms with Crippen molar-refractivity contribution in [3.8, 4) is 0 Å². The molecule has 0 heterocycles. The maximum absolute atomic E-state index is 9.82. The zero-order chi connectivity index (χ0) is 8.10.